The average molecular weight is 832 g/mol. The lowest BCUT2D eigenvalue weighted by Gasteiger charge is -2.21. The molecule has 0 spiro atoms. The van der Waals surface area contributed by atoms with E-state index in [9.17, 15) is 20.1 Å². The van der Waals surface area contributed by atoms with Crippen LogP contribution in [0.15, 0.2) is 24.3 Å². The minimum atomic E-state index is -0.928. The maximum atomic E-state index is 12.5. The van der Waals surface area contributed by atoms with Crippen LogP contribution in [0.4, 0.5) is 0 Å². The zero-order valence-electron chi connectivity index (χ0n) is 39.9. The van der Waals surface area contributed by atoms with Gasteiger partial charge in [0.05, 0.1) is 31.3 Å². The molecule has 0 fully saturated rings. The Morgan fingerprint density at radius 3 is 1.03 bits per heavy atom. The van der Waals surface area contributed by atoms with Gasteiger partial charge >= 0.3 is 0 Å². The maximum Gasteiger partial charge on any atom is 0.222 e. The Morgan fingerprint density at radius 2 is 0.712 bits per heavy atom. The van der Waals surface area contributed by atoms with E-state index in [0.29, 0.717) is 6.42 Å². The number of aliphatic hydroxyl groups excluding tert-OH is 3. The molecule has 0 rings (SSSR count). The van der Waals surface area contributed by atoms with Crippen molar-refractivity contribution in [2.24, 2.45) is 0 Å². The number of unbranched alkanes of at least 4 members (excludes halogenated alkanes) is 38. The van der Waals surface area contributed by atoms with Gasteiger partial charge in [-0.1, -0.05) is 263 Å². The maximum absolute atomic E-state index is 12.5. The standard InChI is InChI=1S/C54H105NO4/c1-3-5-7-9-11-13-15-17-19-21-23-24-25-26-27-28-29-30-31-33-35-37-39-41-43-45-47-51(57)49-54(59)55-52(50-56)53(58)48-46-44-42-40-38-36-34-32-22-20-18-16-14-12-10-8-6-4-2/h26-27,46,48,51-53,56-58H,3-25,28-45,47,49-50H2,1-2H3,(H,55,59)/b27-26-,48-46+. The zero-order valence-corrected chi connectivity index (χ0v) is 39.9. The molecule has 0 saturated heterocycles. The van der Waals surface area contributed by atoms with Gasteiger partial charge in [-0.3, -0.25) is 4.79 Å². The summed E-state index contributed by atoms with van der Waals surface area (Å²) in [5.41, 5.74) is 0. The van der Waals surface area contributed by atoms with Crippen LogP contribution in [0.1, 0.15) is 290 Å². The molecule has 0 aliphatic rings. The van der Waals surface area contributed by atoms with Crippen LogP contribution >= 0.6 is 0 Å². The predicted molar refractivity (Wildman–Crippen MR) is 259 cm³/mol. The van der Waals surface area contributed by atoms with Crippen molar-refractivity contribution in [2.45, 2.75) is 308 Å². The number of allylic oxidation sites excluding steroid dienone is 3. The summed E-state index contributed by atoms with van der Waals surface area (Å²) in [5.74, 6) is -0.312. The van der Waals surface area contributed by atoms with Gasteiger partial charge in [0, 0.05) is 0 Å². The van der Waals surface area contributed by atoms with Gasteiger partial charge in [0.2, 0.25) is 5.91 Å². The monoisotopic (exact) mass is 832 g/mol. The molecular weight excluding hydrogens is 727 g/mol. The number of amides is 1. The quantitative estimate of drug-likeness (QED) is 0.0363. The van der Waals surface area contributed by atoms with E-state index in [2.05, 4.69) is 31.3 Å². The predicted octanol–water partition coefficient (Wildman–Crippen LogP) is 16.1. The van der Waals surface area contributed by atoms with E-state index in [1.165, 1.54) is 238 Å². The smallest absolute Gasteiger partial charge is 0.222 e. The van der Waals surface area contributed by atoms with Crippen molar-refractivity contribution in [1.29, 1.82) is 0 Å². The fourth-order valence-electron chi connectivity index (χ4n) is 8.40. The van der Waals surface area contributed by atoms with Crippen LogP contribution in [0.25, 0.3) is 0 Å². The fraction of sp³-hybridized carbons (Fsp3) is 0.907. The van der Waals surface area contributed by atoms with Crippen molar-refractivity contribution in [3.05, 3.63) is 24.3 Å². The molecule has 59 heavy (non-hydrogen) atoms. The molecule has 0 radical (unpaired) electrons. The summed E-state index contributed by atoms with van der Waals surface area (Å²) in [6.45, 7) is 4.24. The van der Waals surface area contributed by atoms with Crippen molar-refractivity contribution in [1.82, 2.24) is 5.32 Å². The summed E-state index contributed by atoms with van der Waals surface area (Å²) in [5, 5.41) is 33.4. The topological polar surface area (TPSA) is 89.8 Å². The van der Waals surface area contributed by atoms with Gasteiger partial charge in [0.15, 0.2) is 0 Å². The van der Waals surface area contributed by atoms with E-state index in [-0.39, 0.29) is 18.9 Å². The Bertz CT molecular complexity index is 874. The number of carbonyl (C=O) groups excluding carboxylic acids is 1. The lowest BCUT2D eigenvalue weighted by atomic mass is 10.0. The number of hydrogen-bond acceptors (Lipinski definition) is 4. The van der Waals surface area contributed by atoms with Crippen LogP contribution in [0, 0.1) is 0 Å². The molecule has 0 aromatic carbocycles. The van der Waals surface area contributed by atoms with Crippen LogP contribution in [0.2, 0.25) is 0 Å². The van der Waals surface area contributed by atoms with Crippen LogP contribution in [-0.4, -0.2) is 46.1 Å². The molecular formula is C54H105NO4. The van der Waals surface area contributed by atoms with Crippen LogP contribution in [0.3, 0.4) is 0 Å². The second kappa shape index (κ2) is 49.5. The van der Waals surface area contributed by atoms with Crippen molar-refractivity contribution < 1.29 is 20.1 Å². The van der Waals surface area contributed by atoms with E-state index in [1.807, 2.05) is 6.08 Å². The lowest BCUT2D eigenvalue weighted by Crippen LogP contribution is -2.45. The summed E-state index contributed by atoms with van der Waals surface area (Å²) in [6.07, 6.45) is 62.1. The number of carbonyl (C=O) groups is 1. The molecule has 4 N–H and O–H groups in total. The molecule has 5 heteroatoms. The molecule has 0 aliphatic carbocycles. The Hall–Kier alpha value is -1.17. The number of nitrogens with one attached hydrogen (secondary N) is 1. The molecule has 5 nitrogen and oxygen atoms in total. The first-order chi connectivity index (χ1) is 29.0. The zero-order chi connectivity index (χ0) is 43.0. The first-order valence-electron chi connectivity index (χ1n) is 26.6. The van der Waals surface area contributed by atoms with Crippen LogP contribution in [0.5, 0.6) is 0 Å². The summed E-state index contributed by atoms with van der Waals surface area (Å²) < 4.78 is 0. The third kappa shape index (κ3) is 46.2. The summed E-state index contributed by atoms with van der Waals surface area (Å²) >= 11 is 0. The first kappa shape index (κ1) is 57.8. The highest BCUT2D eigenvalue weighted by atomic mass is 16.3. The largest absolute Gasteiger partial charge is 0.394 e. The highest BCUT2D eigenvalue weighted by molar-refractivity contribution is 5.76. The third-order valence-corrected chi connectivity index (χ3v) is 12.5. The third-order valence-electron chi connectivity index (χ3n) is 12.5. The fourth-order valence-corrected chi connectivity index (χ4v) is 8.40. The van der Waals surface area contributed by atoms with Crippen molar-refractivity contribution in [3.63, 3.8) is 0 Å². The van der Waals surface area contributed by atoms with Crippen LogP contribution in [-0.2, 0) is 4.79 Å². The van der Waals surface area contributed by atoms with Crippen molar-refractivity contribution >= 4 is 5.91 Å². The molecule has 3 unspecified atom stereocenters. The van der Waals surface area contributed by atoms with Crippen molar-refractivity contribution in [2.75, 3.05) is 6.61 Å². The number of aliphatic hydroxyl groups is 3. The Morgan fingerprint density at radius 1 is 0.424 bits per heavy atom. The van der Waals surface area contributed by atoms with Crippen LogP contribution < -0.4 is 5.32 Å². The second-order valence-corrected chi connectivity index (χ2v) is 18.5. The van der Waals surface area contributed by atoms with E-state index >= 15 is 0 Å². The minimum Gasteiger partial charge on any atom is -0.394 e. The molecule has 1 amide bonds. The van der Waals surface area contributed by atoms with Crippen molar-refractivity contribution in [3.8, 4) is 0 Å². The van der Waals surface area contributed by atoms with Gasteiger partial charge in [-0.05, 0) is 44.9 Å². The Balaban J connectivity index is 3.57. The number of rotatable bonds is 49. The minimum absolute atomic E-state index is 0.0152. The highest BCUT2D eigenvalue weighted by Gasteiger charge is 2.20. The first-order valence-corrected chi connectivity index (χ1v) is 26.6. The van der Waals surface area contributed by atoms with Gasteiger partial charge < -0.3 is 20.6 Å². The number of hydrogen-bond donors (Lipinski definition) is 4. The molecule has 0 bridgehead atoms. The van der Waals surface area contributed by atoms with E-state index in [0.717, 1.165) is 25.7 Å². The summed E-state index contributed by atoms with van der Waals surface area (Å²) in [6, 6.07) is -0.743. The van der Waals surface area contributed by atoms with Gasteiger partial charge in [-0.15, -0.1) is 0 Å². The summed E-state index contributed by atoms with van der Waals surface area (Å²) in [7, 11) is 0. The summed E-state index contributed by atoms with van der Waals surface area (Å²) in [4.78, 5) is 12.5. The lowest BCUT2D eigenvalue weighted by molar-refractivity contribution is -0.124. The Labute approximate surface area is 369 Å². The SMILES string of the molecule is CCCCCCCCCCCCCC/C=C\CCCCCCCCCCCCC(O)CC(=O)NC(CO)C(O)/C=C/CCCCCCCCCCCCCCCCCC. The van der Waals surface area contributed by atoms with E-state index in [1.54, 1.807) is 6.08 Å². The second-order valence-electron chi connectivity index (χ2n) is 18.5. The van der Waals surface area contributed by atoms with E-state index < -0.39 is 18.2 Å². The van der Waals surface area contributed by atoms with Gasteiger partial charge in [-0.25, -0.2) is 0 Å². The van der Waals surface area contributed by atoms with E-state index in [4.69, 9.17) is 0 Å². The molecule has 0 aliphatic heterocycles. The Kier molecular flexibility index (Phi) is 48.5. The average Bonchev–Trinajstić information content (AvgIpc) is 3.23. The molecule has 0 saturated carbocycles. The normalized spacial score (nSPS) is 13.5. The molecule has 3 atom stereocenters. The molecule has 0 aromatic heterocycles. The highest BCUT2D eigenvalue weighted by Crippen LogP contribution is 2.17. The molecule has 0 aromatic rings. The molecule has 0 heterocycles. The van der Waals surface area contributed by atoms with Gasteiger partial charge in [-0.2, -0.15) is 0 Å². The van der Waals surface area contributed by atoms with Gasteiger partial charge in [0.1, 0.15) is 0 Å². The van der Waals surface area contributed by atoms with Gasteiger partial charge in [0.25, 0.3) is 0 Å². The molecule has 350 valence electrons.